The van der Waals surface area contributed by atoms with Gasteiger partial charge in [0.1, 0.15) is 0 Å². The molecule has 1 N–H and O–H groups in total. The first-order valence-corrected chi connectivity index (χ1v) is 6.06. The average molecular weight is 283 g/mol. The lowest BCUT2D eigenvalue weighted by atomic mass is 10.2. The standard InChI is InChI=1S/C13H8F3NOS/c1-2-3-8-4-5-9-10(6-8)19-12(17-9)7-11(18)13(14,15)16/h4-7,17H,1H3/b12-7+. The van der Waals surface area contributed by atoms with Crippen LogP contribution in [-0.4, -0.2) is 12.0 Å². The lowest BCUT2D eigenvalue weighted by Gasteiger charge is -2.01. The third-order valence-corrected chi connectivity index (χ3v) is 3.27. The summed E-state index contributed by atoms with van der Waals surface area (Å²) in [7, 11) is 0. The maximum atomic E-state index is 12.1. The Bertz CT molecular complexity index is 623. The maximum Gasteiger partial charge on any atom is 0.454 e. The fourth-order valence-electron chi connectivity index (χ4n) is 1.48. The zero-order valence-electron chi connectivity index (χ0n) is 9.76. The van der Waals surface area contributed by atoms with Crippen LogP contribution >= 0.6 is 11.8 Å². The van der Waals surface area contributed by atoms with E-state index in [0.29, 0.717) is 11.8 Å². The topological polar surface area (TPSA) is 29.1 Å². The largest absolute Gasteiger partial charge is 0.454 e. The summed E-state index contributed by atoms with van der Waals surface area (Å²) in [5, 5.41) is 2.93. The number of fused-ring (bicyclic) bond motifs is 1. The van der Waals surface area contributed by atoms with Gasteiger partial charge in [0, 0.05) is 16.5 Å². The van der Waals surface area contributed by atoms with Gasteiger partial charge in [-0.2, -0.15) is 13.2 Å². The van der Waals surface area contributed by atoms with Crippen LogP contribution in [0, 0.1) is 11.8 Å². The molecule has 0 unspecified atom stereocenters. The SMILES string of the molecule is CC#Cc1ccc2c(c1)S/C(=C/C(=O)C(F)(F)F)N2. The van der Waals surface area contributed by atoms with E-state index in [1.54, 1.807) is 25.1 Å². The maximum absolute atomic E-state index is 12.1. The van der Waals surface area contributed by atoms with Gasteiger partial charge in [-0.05, 0) is 25.1 Å². The monoisotopic (exact) mass is 283 g/mol. The second kappa shape index (κ2) is 5.02. The van der Waals surface area contributed by atoms with Crippen molar-refractivity contribution in [3.8, 4) is 11.8 Å². The Labute approximate surface area is 112 Å². The van der Waals surface area contributed by atoms with E-state index in [2.05, 4.69) is 17.2 Å². The molecule has 0 bridgehead atoms. The fourth-order valence-corrected chi connectivity index (χ4v) is 2.45. The first-order chi connectivity index (χ1) is 8.90. The number of rotatable bonds is 1. The van der Waals surface area contributed by atoms with Gasteiger partial charge in [-0.3, -0.25) is 4.79 Å². The van der Waals surface area contributed by atoms with E-state index in [9.17, 15) is 18.0 Å². The Kier molecular flexibility index (Phi) is 3.58. The predicted molar refractivity (Wildman–Crippen MR) is 67.6 cm³/mol. The number of ketones is 1. The van der Waals surface area contributed by atoms with E-state index in [-0.39, 0.29) is 5.03 Å². The van der Waals surface area contributed by atoms with Gasteiger partial charge in [0.25, 0.3) is 5.78 Å². The summed E-state index contributed by atoms with van der Waals surface area (Å²) in [6.45, 7) is 1.70. The molecule has 1 aromatic carbocycles. The van der Waals surface area contributed by atoms with Crippen LogP contribution in [0.15, 0.2) is 34.2 Å². The zero-order chi connectivity index (χ0) is 14.0. The Morgan fingerprint density at radius 2 is 2.16 bits per heavy atom. The molecule has 0 saturated carbocycles. The number of nitrogens with one attached hydrogen (secondary N) is 1. The van der Waals surface area contributed by atoms with Crippen molar-refractivity contribution in [1.82, 2.24) is 0 Å². The molecule has 19 heavy (non-hydrogen) atoms. The Morgan fingerprint density at radius 1 is 1.42 bits per heavy atom. The molecule has 1 heterocycles. The van der Waals surface area contributed by atoms with Crippen LogP contribution in [0.2, 0.25) is 0 Å². The lowest BCUT2D eigenvalue weighted by Crippen LogP contribution is -2.20. The second-order valence-electron chi connectivity index (χ2n) is 3.68. The van der Waals surface area contributed by atoms with Crippen LogP contribution in [0.1, 0.15) is 12.5 Å². The number of halogens is 3. The summed E-state index contributed by atoms with van der Waals surface area (Å²) in [5.41, 5.74) is 1.45. The van der Waals surface area contributed by atoms with E-state index < -0.39 is 12.0 Å². The molecule has 0 fully saturated rings. The molecule has 0 amide bonds. The highest BCUT2D eigenvalue weighted by atomic mass is 32.2. The number of benzene rings is 1. The second-order valence-corrected chi connectivity index (χ2v) is 4.77. The number of allylic oxidation sites excluding steroid dienone is 1. The van der Waals surface area contributed by atoms with Crippen LogP contribution in [0.5, 0.6) is 0 Å². The van der Waals surface area contributed by atoms with Crippen molar-refractivity contribution in [2.24, 2.45) is 0 Å². The minimum absolute atomic E-state index is 0.166. The summed E-state index contributed by atoms with van der Waals surface area (Å²) < 4.78 is 36.4. The van der Waals surface area contributed by atoms with Crippen LogP contribution < -0.4 is 5.32 Å². The van der Waals surface area contributed by atoms with E-state index in [1.807, 2.05) is 0 Å². The third kappa shape index (κ3) is 3.12. The molecule has 98 valence electrons. The molecule has 2 nitrogen and oxygen atoms in total. The highest BCUT2D eigenvalue weighted by Crippen LogP contribution is 2.41. The molecule has 1 aliphatic heterocycles. The molecule has 2 rings (SSSR count). The van der Waals surface area contributed by atoms with Crippen LogP contribution in [-0.2, 0) is 4.79 Å². The van der Waals surface area contributed by atoms with Crippen molar-refractivity contribution >= 4 is 23.2 Å². The van der Waals surface area contributed by atoms with Crippen molar-refractivity contribution in [3.63, 3.8) is 0 Å². The first kappa shape index (κ1) is 13.6. The number of hydrogen-bond acceptors (Lipinski definition) is 3. The zero-order valence-corrected chi connectivity index (χ0v) is 10.6. The molecule has 6 heteroatoms. The van der Waals surface area contributed by atoms with Gasteiger partial charge in [0.15, 0.2) is 0 Å². The van der Waals surface area contributed by atoms with Crippen molar-refractivity contribution in [3.05, 3.63) is 34.9 Å². The molecule has 0 radical (unpaired) electrons. The van der Waals surface area contributed by atoms with Gasteiger partial charge >= 0.3 is 6.18 Å². The minimum Gasteiger partial charge on any atom is -0.349 e. The Hall–Kier alpha value is -1.87. The van der Waals surface area contributed by atoms with Gasteiger partial charge in [0.2, 0.25) is 0 Å². The molecular formula is C13H8F3NOS. The number of carbonyl (C=O) groups is 1. The quantitative estimate of drug-likeness (QED) is 0.631. The number of alkyl halides is 3. The predicted octanol–water partition coefficient (Wildman–Crippen LogP) is 3.55. The van der Waals surface area contributed by atoms with Gasteiger partial charge in [-0.1, -0.05) is 17.7 Å². The summed E-state index contributed by atoms with van der Waals surface area (Å²) in [6.07, 6.45) is -4.28. The van der Waals surface area contributed by atoms with Gasteiger partial charge in [-0.25, -0.2) is 0 Å². The minimum atomic E-state index is -4.84. The van der Waals surface area contributed by atoms with E-state index in [0.717, 1.165) is 22.2 Å². The van der Waals surface area contributed by atoms with Crippen LogP contribution in [0.3, 0.4) is 0 Å². The highest BCUT2D eigenvalue weighted by Gasteiger charge is 2.37. The molecule has 1 aromatic rings. The smallest absolute Gasteiger partial charge is 0.349 e. The van der Waals surface area contributed by atoms with Gasteiger partial charge in [-0.15, -0.1) is 5.92 Å². The Morgan fingerprint density at radius 3 is 2.79 bits per heavy atom. The van der Waals surface area contributed by atoms with Gasteiger partial charge in [0.05, 0.1) is 10.7 Å². The summed E-state index contributed by atoms with van der Waals surface area (Å²) in [5.74, 6) is 3.73. The summed E-state index contributed by atoms with van der Waals surface area (Å²) >= 11 is 1.08. The lowest BCUT2D eigenvalue weighted by molar-refractivity contribution is -0.165. The fraction of sp³-hybridized carbons (Fsp3) is 0.154. The first-order valence-electron chi connectivity index (χ1n) is 5.24. The molecule has 0 aromatic heterocycles. The number of carbonyl (C=O) groups excluding carboxylic acids is 1. The molecule has 1 aliphatic rings. The molecule has 0 atom stereocenters. The van der Waals surface area contributed by atoms with Crippen molar-refractivity contribution in [1.29, 1.82) is 0 Å². The molecular weight excluding hydrogens is 275 g/mol. The molecule has 0 saturated heterocycles. The van der Waals surface area contributed by atoms with Crippen molar-refractivity contribution in [2.75, 3.05) is 5.32 Å². The number of thioether (sulfide) groups is 1. The van der Waals surface area contributed by atoms with Crippen molar-refractivity contribution in [2.45, 2.75) is 18.0 Å². The summed E-state index contributed by atoms with van der Waals surface area (Å²) in [6, 6.07) is 5.25. The van der Waals surface area contributed by atoms with E-state index in [4.69, 9.17) is 0 Å². The Balaban J connectivity index is 2.22. The van der Waals surface area contributed by atoms with Gasteiger partial charge < -0.3 is 5.32 Å². The van der Waals surface area contributed by atoms with E-state index in [1.165, 1.54) is 0 Å². The van der Waals surface area contributed by atoms with Crippen LogP contribution in [0.25, 0.3) is 0 Å². The highest BCUT2D eigenvalue weighted by molar-refractivity contribution is 8.03. The number of anilines is 1. The molecule has 0 spiro atoms. The number of hydrogen-bond donors (Lipinski definition) is 1. The molecule has 0 aliphatic carbocycles. The van der Waals surface area contributed by atoms with Crippen molar-refractivity contribution < 1.29 is 18.0 Å². The third-order valence-electron chi connectivity index (χ3n) is 2.27. The van der Waals surface area contributed by atoms with E-state index >= 15 is 0 Å². The van der Waals surface area contributed by atoms with Crippen LogP contribution in [0.4, 0.5) is 18.9 Å². The average Bonchev–Trinajstić information content (AvgIpc) is 2.69. The normalized spacial score (nSPS) is 15.5. The summed E-state index contributed by atoms with van der Waals surface area (Å²) in [4.78, 5) is 11.6.